The van der Waals surface area contributed by atoms with E-state index in [-0.39, 0.29) is 0 Å². The standard InChI is InChI=1S/C24H22N2O4/c1-16-8-13-21-20(14-16)26-23(28)24(2,30-21)22(27)25-18-9-11-19(12-10-18)29-15-17-6-4-3-5-7-17/h3-14H,15H2,1-2H3,(H,25,27)(H,26,28). The second-order valence-corrected chi connectivity index (χ2v) is 7.34. The number of anilines is 2. The van der Waals surface area contributed by atoms with Gasteiger partial charge >= 0.3 is 0 Å². The second-order valence-electron chi connectivity index (χ2n) is 7.34. The van der Waals surface area contributed by atoms with Gasteiger partial charge in [0.15, 0.2) is 0 Å². The molecule has 0 saturated carbocycles. The smallest absolute Gasteiger partial charge is 0.278 e. The highest BCUT2D eigenvalue weighted by atomic mass is 16.5. The van der Waals surface area contributed by atoms with Gasteiger partial charge in [0.2, 0.25) is 0 Å². The van der Waals surface area contributed by atoms with Gasteiger partial charge in [-0.25, -0.2) is 0 Å². The van der Waals surface area contributed by atoms with Crippen molar-refractivity contribution in [2.45, 2.75) is 26.1 Å². The number of amides is 2. The number of carbonyl (C=O) groups excluding carboxylic acids is 2. The number of hydrogen-bond donors (Lipinski definition) is 2. The van der Waals surface area contributed by atoms with Gasteiger partial charge in [-0.3, -0.25) is 9.59 Å². The molecule has 3 aromatic carbocycles. The summed E-state index contributed by atoms with van der Waals surface area (Å²) in [6.07, 6.45) is 0. The van der Waals surface area contributed by atoms with E-state index < -0.39 is 17.4 Å². The van der Waals surface area contributed by atoms with Crippen molar-refractivity contribution in [3.05, 3.63) is 83.9 Å². The van der Waals surface area contributed by atoms with Crippen LogP contribution in [0.25, 0.3) is 0 Å². The molecule has 0 bridgehead atoms. The molecule has 3 aromatic rings. The van der Waals surface area contributed by atoms with E-state index in [4.69, 9.17) is 9.47 Å². The molecule has 0 aliphatic carbocycles. The highest BCUT2D eigenvalue weighted by Crippen LogP contribution is 2.35. The Labute approximate surface area is 174 Å². The highest BCUT2D eigenvalue weighted by molar-refractivity contribution is 6.19. The molecule has 0 spiro atoms. The van der Waals surface area contributed by atoms with Crippen LogP contribution in [0.1, 0.15) is 18.1 Å². The fourth-order valence-corrected chi connectivity index (χ4v) is 3.11. The first-order valence-corrected chi connectivity index (χ1v) is 9.63. The molecular weight excluding hydrogens is 380 g/mol. The third-order valence-corrected chi connectivity index (χ3v) is 4.92. The number of carbonyl (C=O) groups is 2. The highest BCUT2D eigenvalue weighted by Gasteiger charge is 2.47. The van der Waals surface area contributed by atoms with Crippen molar-refractivity contribution < 1.29 is 19.1 Å². The summed E-state index contributed by atoms with van der Waals surface area (Å²) in [6.45, 7) is 3.83. The van der Waals surface area contributed by atoms with E-state index in [0.717, 1.165) is 11.1 Å². The van der Waals surface area contributed by atoms with Crippen molar-refractivity contribution >= 4 is 23.2 Å². The molecule has 0 fully saturated rings. The Morgan fingerprint density at radius 3 is 2.53 bits per heavy atom. The molecule has 1 unspecified atom stereocenters. The summed E-state index contributed by atoms with van der Waals surface area (Å²) >= 11 is 0. The van der Waals surface area contributed by atoms with Crippen LogP contribution in [0.5, 0.6) is 11.5 Å². The largest absolute Gasteiger partial charge is 0.489 e. The summed E-state index contributed by atoms with van der Waals surface area (Å²) < 4.78 is 11.5. The average Bonchev–Trinajstić information content (AvgIpc) is 2.75. The number of hydrogen-bond acceptors (Lipinski definition) is 4. The van der Waals surface area contributed by atoms with E-state index >= 15 is 0 Å². The number of nitrogens with one attached hydrogen (secondary N) is 2. The summed E-state index contributed by atoms with van der Waals surface area (Å²) in [4.78, 5) is 25.4. The van der Waals surface area contributed by atoms with E-state index in [0.29, 0.717) is 29.5 Å². The molecular formula is C24H22N2O4. The van der Waals surface area contributed by atoms with E-state index in [1.807, 2.05) is 43.3 Å². The minimum atomic E-state index is -1.68. The Morgan fingerprint density at radius 2 is 1.80 bits per heavy atom. The molecule has 1 aliphatic rings. The van der Waals surface area contributed by atoms with E-state index in [1.165, 1.54) is 6.92 Å². The third kappa shape index (κ3) is 3.98. The van der Waals surface area contributed by atoms with Crippen LogP contribution in [-0.2, 0) is 16.2 Å². The number of aryl methyl sites for hydroxylation is 1. The molecule has 2 amide bonds. The Morgan fingerprint density at radius 1 is 1.07 bits per heavy atom. The van der Waals surface area contributed by atoms with Crippen molar-refractivity contribution in [2.75, 3.05) is 10.6 Å². The van der Waals surface area contributed by atoms with Crippen molar-refractivity contribution in [3.63, 3.8) is 0 Å². The predicted octanol–water partition coefficient (Wildman–Crippen LogP) is 4.30. The first kappa shape index (κ1) is 19.5. The van der Waals surface area contributed by atoms with E-state index in [1.54, 1.807) is 36.4 Å². The average molecular weight is 402 g/mol. The van der Waals surface area contributed by atoms with Crippen molar-refractivity contribution in [1.29, 1.82) is 0 Å². The van der Waals surface area contributed by atoms with Crippen LogP contribution in [-0.4, -0.2) is 17.4 Å². The molecule has 0 radical (unpaired) electrons. The molecule has 30 heavy (non-hydrogen) atoms. The zero-order chi connectivity index (χ0) is 21.1. The molecule has 0 aromatic heterocycles. The quantitative estimate of drug-likeness (QED) is 0.624. The van der Waals surface area contributed by atoms with Crippen LogP contribution in [0.15, 0.2) is 72.8 Å². The summed E-state index contributed by atoms with van der Waals surface area (Å²) in [5.41, 5.74) is 1.48. The van der Waals surface area contributed by atoms with Crippen LogP contribution < -0.4 is 20.1 Å². The molecule has 4 rings (SSSR count). The van der Waals surface area contributed by atoms with Gasteiger partial charge in [-0.05, 0) is 61.4 Å². The fourth-order valence-electron chi connectivity index (χ4n) is 3.11. The maximum Gasteiger partial charge on any atom is 0.278 e. The lowest BCUT2D eigenvalue weighted by molar-refractivity contribution is -0.143. The second kappa shape index (κ2) is 7.91. The topological polar surface area (TPSA) is 76.7 Å². The molecule has 6 nitrogen and oxygen atoms in total. The molecule has 1 atom stereocenters. The first-order chi connectivity index (χ1) is 14.4. The Hall–Kier alpha value is -3.80. The lowest BCUT2D eigenvalue weighted by Crippen LogP contribution is -2.56. The van der Waals surface area contributed by atoms with Gasteiger partial charge in [0.25, 0.3) is 17.4 Å². The Balaban J connectivity index is 1.42. The minimum Gasteiger partial charge on any atom is -0.489 e. The van der Waals surface area contributed by atoms with Crippen LogP contribution in [0.4, 0.5) is 11.4 Å². The van der Waals surface area contributed by atoms with Gasteiger partial charge in [0.05, 0.1) is 5.69 Å². The van der Waals surface area contributed by atoms with Gasteiger partial charge in [0.1, 0.15) is 18.1 Å². The minimum absolute atomic E-state index is 0.456. The van der Waals surface area contributed by atoms with Gasteiger partial charge in [-0.1, -0.05) is 36.4 Å². The van der Waals surface area contributed by atoms with Crippen LogP contribution in [0.2, 0.25) is 0 Å². The molecule has 1 aliphatic heterocycles. The van der Waals surface area contributed by atoms with Crippen molar-refractivity contribution in [1.82, 2.24) is 0 Å². The normalized spacial score (nSPS) is 17.3. The van der Waals surface area contributed by atoms with Gasteiger partial charge in [-0.15, -0.1) is 0 Å². The number of fused-ring (bicyclic) bond motifs is 1. The fraction of sp³-hybridized carbons (Fsp3) is 0.167. The zero-order valence-electron chi connectivity index (χ0n) is 16.8. The molecule has 152 valence electrons. The van der Waals surface area contributed by atoms with Crippen molar-refractivity contribution in [3.8, 4) is 11.5 Å². The summed E-state index contributed by atoms with van der Waals surface area (Å²) in [6, 6.07) is 22.2. The van der Waals surface area contributed by atoms with E-state index in [2.05, 4.69) is 10.6 Å². The van der Waals surface area contributed by atoms with Gasteiger partial charge < -0.3 is 20.1 Å². The van der Waals surface area contributed by atoms with Crippen LogP contribution in [0.3, 0.4) is 0 Å². The SMILES string of the molecule is Cc1ccc2c(c1)NC(=O)C(C)(C(=O)Nc1ccc(OCc3ccccc3)cc1)O2. The summed E-state index contributed by atoms with van der Waals surface area (Å²) in [7, 11) is 0. The number of rotatable bonds is 5. The summed E-state index contributed by atoms with van der Waals surface area (Å²) in [5.74, 6) is 0.0756. The van der Waals surface area contributed by atoms with Crippen molar-refractivity contribution in [2.24, 2.45) is 0 Å². The Bertz CT molecular complexity index is 1080. The summed E-state index contributed by atoms with van der Waals surface area (Å²) in [5, 5.41) is 5.50. The van der Waals surface area contributed by atoms with Gasteiger partial charge in [-0.2, -0.15) is 0 Å². The first-order valence-electron chi connectivity index (χ1n) is 9.63. The maximum absolute atomic E-state index is 12.8. The number of ether oxygens (including phenoxy) is 2. The maximum atomic E-state index is 12.8. The molecule has 6 heteroatoms. The predicted molar refractivity (Wildman–Crippen MR) is 115 cm³/mol. The lowest BCUT2D eigenvalue weighted by atomic mass is 10.0. The molecule has 2 N–H and O–H groups in total. The Kier molecular flexibility index (Phi) is 5.14. The lowest BCUT2D eigenvalue weighted by Gasteiger charge is -2.33. The molecule has 1 heterocycles. The van der Waals surface area contributed by atoms with Crippen LogP contribution in [0, 0.1) is 6.92 Å². The zero-order valence-corrected chi connectivity index (χ0v) is 16.8. The van der Waals surface area contributed by atoms with Crippen LogP contribution >= 0.6 is 0 Å². The van der Waals surface area contributed by atoms with E-state index in [9.17, 15) is 9.59 Å². The number of benzene rings is 3. The molecule has 0 saturated heterocycles. The monoisotopic (exact) mass is 402 g/mol. The third-order valence-electron chi connectivity index (χ3n) is 4.92. The van der Waals surface area contributed by atoms with Gasteiger partial charge in [0, 0.05) is 5.69 Å².